The molecule has 1 amide bonds. The van der Waals surface area contributed by atoms with E-state index in [4.69, 9.17) is 34.8 Å². The van der Waals surface area contributed by atoms with Gasteiger partial charge in [-0.25, -0.2) is 0 Å². The smallest absolute Gasteiger partial charge is 0.279 e. The summed E-state index contributed by atoms with van der Waals surface area (Å²) in [6, 6.07) is 11.3. The van der Waals surface area contributed by atoms with Crippen molar-refractivity contribution < 1.29 is 10.1 Å². The van der Waals surface area contributed by atoms with Crippen LogP contribution in [0.15, 0.2) is 36.4 Å². The van der Waals surface area contributed by atoms with E-state index in [1.807, 2.05) is 49.5 Å². The third kappa shape index (κ3) is 4.85. The standard InChI is InChI=1S/C17H17Cl3N2O/c1-10-6-7-14(19)17(16(10)20)22-15(23)9-21-11(2)12-4-3-5-13(18)8-12/h3-8,11,21H,9H2,1-2H3,(H,22,23)/p+1/t11-/m0/s1. The number of hydrogen-bond donors (Lipinski definition) is 2. The molecule has 1 atom stereocenters. The SMILES string of the molecule is Cc1ccc(Cl)c(NC(=O)C[NH2+][C@@H](C)c2cccc(Cl)c2)c1Cl. The summed E-state index contributed by atoms with van der Waals surface area (Å²) in [4.78, 5) is 12.1. The molecule has 0 saturated carbocycles. The van der Waals surface area contributed by atoms with Crippen molar-refractivity contribution in [1.29, 1.82) is 0 Å². The van der Waals surface area contributed by atoms with Crippen LogP contribution in [0.4, 0.5) is 5.69 Å². The van der Waals surface area contributed by atoms with Crippen molar-refractivity contribution in [3.63, 3.8) is 0 Å². The molecule has 6 heteroatoms. The summed E-state index contributed by atoms with van der Waals surface area (Å²) in [5, 5.41) is 6.29. The van der Waals surface area contributed by atoms with Gasteiger partial charge in [0.1, 0.15) is 6.04 Å². The molecule has 0 fully saturated rings. The number of carbonyl (C=O) groups is 1. The summed E-state index contributed by atoms with van der Waals surface area (Å²) in [6.07, 6.45) is 0. The first-order valence-electron chi connectivity index (χ1n) is 7.21. The number of hydrogen-bond acceptors (Lipinski definition) is 1. The molecule has 122 valence electrons. The topological polar surface area (TPSA) is 45.7 Å². The number of benzene rings is 2. The van der Waals surface area contributed by atoms with Crippen LogP contribution in [0.25, 0.3) is 0 Å². The molecular formula is C17H18Cl3N2O+. The Balaban J connectivity index is 1.97. The molecule has 0 aliphatic heterocycles. The fourth-order valence-electron chi connectivity index (χ4n) is 2.17. The Morgan fingerprint density at radius 2 is 1.96 bits per heavy atom. The summed E-state index contributed by atoms with van der Waals surface area (Å²) < 4.78 is 0. The monoisotopic (exact) mass is 371 g/mol. The molecule has 0 heterocycles. The molecule has 2 rings (SSSR count). The van der Waals surface area contributed by atoms with E-state index in [9.17, 15) is 4.79 Å². The van der Waals surface area contributed by atoms with Gasteiger partial charge in [-0.2, -0.15) is 0 Å². The predicted octanol–water partition coefficient (Wildman–Crippen LogP) is 4.22. The highest BCUT2D eigenvalue weighted by molar-refractivity contribution is 6.40. The third-order valence-electron chi connectivity index (χ3n) is 3.58. The minimum atomic E-state index is -0.159. The Bertz CT molecular complexity index is 719. The Morgan fingerprint density at radius 1 is 1.22 bits per heavy atom. The van der Waals surface area contributed by atoms with Gasteiger partial charge in [0.25, 0.3) is 5.91 Å². The lowest BCUT2D eigenvalue weighted by Gasteiger charge is -2.13. The zero-order valence-electron chi connectivity index (χ0n) is 12.9. The number of quaternary nitrogens is 1. The highest BCUT2D eigenvalue weighted by atomic mass is 35.5. The Labute approximate surface area is 150 Å². The zero-order chi connectivity index (χ0) is 17.0. The van der Waals surface area contributed by atoms with Gasteiger partial charge in [0, 0.05) is 10.6 Å². The Morgan fingerprint density at radius 3 is 2.65 bits per heavy atom. The van der Waals surface area contributed by atoms with Crippen molar-refractivity contribution in [2.24, 2.45) is 0 Å². The number of amides is 1. The highest BCUT2D eigenvalue weighted by Crippen LogP contribution is 2.32. The number of nitrogens with two attached hydrogens (primary N) is 1. The summed E-state index contributed by atoms with van der Waals surface area (Å²) in [7, 11) is 0. The first-order valence-corrected chi connectivity index (χ1v) is 8.35. The fraction of sp³-hybridized carbons (Fsp3) is 0.235. The van der Waals surface area contributed by atoms with Gasteiger partial charge < -0.3 is 10.6 Å². The molecule has 2 aromatic rings. The van der Waals surface area contributed by atoms with Crippen LogP contribution in [0.1, 0.15) is 24.1 Å². The molecule has 3 nitrogen and oxygen atoms in total. The van der Waals surface area contributed by atoms with Crippen LogP contribution >= 0.6 is 34.8 Å². The summed E-state index contributed by atoms with van der Waals surface area (Å²) >= 11 is 18.3. The van der Waals surface area contributed by atoms with Gasteiger partial charge in [-0.1, -0.05) is 53.0 Å². The van der Waals surface area contributed by atoms with E-state index in [-0.39, 0.29) is 18.5 Å². The normalized spacial score (nSPS) is 12.0. The molecular weight excluding hydrogens is 355 g/mol. The van der Waals surface area contributed by atoms with Crippen LogP contribution in [-0.4, -0.2) is 12.5 Å². The molecule has 0 aromatic heterocycles. The largest absolute Gasteiger partial charge is 0.333 e. The van der Waals surface area contributed by atoms with E-state index in [2.05, 4.69) is 5.32 Å². The molecule has 3 N–H and O–H groups in total. The van der Waals surface area contributed by atoms with Crippen LogP contribution < -0.4 is 10.6 Å². The first kappa shape index (κ1) is 18.1. The molecule has 0 aliphatic carbocycles. The number of anilines is 1. The van der Waals surface area contributed by atoms with Crippen LogP contribution in [-0.2, 0) is 4.79 Å². The minimum absolute atomic E-state index is 0.114. The van der Waals surface area contributed by atoms with Crippen molar-refractivity contribution in [1.82, 2.24) is 0 Å². The zero-order valence-corrected chi connectivity index (χ0v) is 15.1. The van der Waals surface area contributed by atoms with Crippen molar-refractivity contribution in [3.8, 4) is 0 Å². The summed E-state index contributed by atoms with van der Waals surface area (Å²) in [5.74, 6) is -0.159. The summed E-state index contributed by atoms with van der Waals surface area (Å²) in [6.45, 7) is 4.14. The second-order valence-corrected chi connectivity index (χ2v) is 6.61. The molecule has 0 spiro atoms. The van der Waals surface area contributed by atoms with Gasteiger partial charge in [-0.3, -0.25) is 4.79 Å². The van der Waals surface area contributed by atoms with Crippen molar-refractivity contribution in [2.75, 3.05) is 11.9 Å². The molecule has 0 saturated heterocycles. The molecule has 0 bridgehead atoms. The quantitative estimate of drug-likeness (QED) is 0.811. The highest BCUT2D eigenvalue weighted by Gasteiger charge is 2.15. The van der Waals surface area contributed by atoms with Gasteiger partial charge in [-0.15, -0.1) is 0 Å². The lowest BCUT2D eigenvalue weighted by molar-refractivity contribution is -0.682. The van der Waals surface area contributed by atoms with Crippen LogP contribution in [0.2, 0.25) is 15.1 Å². The maximum atomic E-state index is 12.1. The van der Waals surface area contributed by atoms with Gasteiger partial charge in [0.05, 0.1) is 15.7 Å². The predicted molar refractivity (Wildman–Crippen MR) is 96.5 cm³/mol. The minimum Gasteiger partial charge on any atom is -0.333 e. The average Bonchev–Trinajstić information content (AvgIpc) is 2.53. The number of nitrogens with one attached hydrogen (secondary N) is 1. The van der Waals surface area contributed by atoms with Gasteiger partial charge >= 0.3 is 0 Å². The first-order chi connectivity index (χ1) is 10.9. The Kier molecular flexibility index (Phi) is 6.31. The van der Waals surface area contributed by atoms with Crippen LogP contribution in [0.5, 0.6) is 0 Å². The van der Waals surface area contributed by atoms with E-state index < -0.39 is 0 Å². The lowest BCUT2D eigenvalue weighted by atomic mass is 10.1. The van der Waals surface area contributed by atoms with Gasteiger partial charge in [0.15, 0.2) is 6.54 Å². The Hall–Kier alpha value is -1.26. The molecule has 23 heavy (non-hydrogen) atoms. The maximum Gasteiger partial charge on any atom is 0.279 e. The third-order valence-corrected chi connectivity index (χ3v) is 4.62. The second kappa shape index (κ2) is 8.02. The molecule has 0 unspecified atom stereocenters. The maximum absolute atomic E-state index is 12.1. The van der Waals surface area contributed by atoms with Gasteiger partial charge in [-0.05, 0) is 37.6 Å². The lowest BCUT2D eigenvalue weighted by Crippen LogP contribution is -2.86. The fourth-order valence-corrected chi connectivity index (χ4v) is 2.84. The van der Waals surface area contributed by atoms with Crippen molar-refractivity contribution >= 4 is 46.4 Å². The van der Waals surface area contributed by atoms with E-state index in [0.29, 0.717) is 20.8 Å². The van der Waals surface area contributed by atoms with Crippen LogP contribution in [0, 0.1) is 6.92 Å². The molecule has 0 aliphatic rings. The number of rotatable bonds is 5. The molecule has 2 aromatic carbocycles. The number of aryl methyl sites for hydroxylation is 1. The van der Waals surface area contributed by atoms with Crippen LogP contribution in [0.3, 0.4) is 0 Å². The number of halogens is 3. The molecule has 0 radical (unpaired) electrons. The van der Waals surface area contributed by atoms with E-state index in [0.717, 1.165) is 11.1 Å². The van der Waals surface area contributed by atoms with Gasteiger partial charge in [0.2, 0.25) is 0 Å². The van der Waals surface area contributed by atoms with E-state index >= 15 is 0 Å². The van der Waals surface area contributed by atoms with Crippen molar-refractivity contribution in [3.05, 3.63) is 62.6 Å². The summed E-state index contributed by atoms with van der Waals surface area (Å²) in [5.41, 5.74) is 2.39. The second-order valence-electron chi connectivity index (χ2n) is 5.38. The van der Waals surface area contributed by atoms with E-state index in [1.165, 1.54) is 0 Å². The van der Waals surface area contributed by atoms with Crippen molar-refractivity contribution in [2.45, 2.75) is 19.9 Å². The average molecular weight is 373 g/mol. The number of carbonyl (C=O) groups excluding carboxylic acids is 1. The van der Waals surface area contributed by atoms with E-state index in [1.54, 1.807) is 6.07 Å².